The van der Waals surface area contributed by atoms with Crippen molar-refractivity contribution in [2.24, 2.45) is 0 Å². The molecule has 5 heterocycles. The first-order valence-corrected chi connectivity index (χ1v) is 23.0. The highest BCUT2D eigenvalue weighted by Gasteiger charge is 2.23. The van der Waals surface area contributed by atoms with Crippen LogP contribution in [0.1, 0.15) is 0 Å². The minimum atomic E-state index is 0.530. The zero-order chi connectivity index (χ0) is 45.4. The second-order valence-corrected chi connectivity index (χ2v) is 17.2. The number of nitrogens with zero attached hydrogens (tertiary/aromatic N) is 9. The van der Waals surface area contributed by atoms with E-state index >= 15 is 0 Å². The molecular formula is C60H37N9. The zero-order valence-electron chi connectivity index (χ0n) is 36.9. The van der Waals surface area contributed by atoms with Crippen molar-refractivity contribution in [3.8, 4) is 63.1 Å². The number of benzene rings is 9. The number of para-hydroxylation sites is 4. The monoisotopic (exact) mass is 883 g/mol. The lowest BCUT2D eigenvalue weighted by atomic mass is 10.1. The van der Waals surface area contributed by atoms with Gasteiger partial charge in [-0.1, -0.05) is 164 Å². The molecule has 0 spiro atoms. The van der Waals surface area contributed by atoms with Gasteiger partial charge in [-0.3, -0.25) is 9.13 Å². The summed E-state index contributed by atoms with van der Waals surface area (Å²) < 4.78 is 6.70. The molecule has 0 fully saturated rings. The maximum atomic E-state index is 5.41. The molecule has 14 aromatic rings. The van der Waals surface area contributed by atoms with Crippen LogP contribution in [0.2, 0.25) is 0 Å². The Morgan fingerprint density at radius 3 is 1.01 bits per heavy atom. The lowest BCUT2D eigenvalue weighted by molar-refractivity contribution is 0.952. The van der Waals surface area contributed by atoms with Crippen molar-refractivity contribution in [1.82, 2.24) is 43.6 Å². The SMILES string of the molecule is c1ccc(-c2nc(-c3ccccc3)nc(-n3c4ccccc4c4cc(-c5nc(-c6ccccc6)nc(-n6c7ccccc7c7cc8c(cc76)c6ccccc6n8-c6ccccc6)n5)ccc43)n2)cc1. The van der Waals surface area contributed by atoms with Gasteiger partial charge in [-0.05, 0) is 60.7 Å². The fourth-order valence-corrected chi connectivity index (χ4v) is 10.0. The molecule has 9 nitrogen and oxygen atoms in total. The van der Waals surface area contributed by atoms with E-state index < -0.39 is 0 Å². The van der Waals surface area contributed by atoms with Crippen LogP contribution in [-0.4, -0.2) is 43.6 Å². The van der Waals surface area contributed by atoms with E-state index in [0.29, 0.717) is 35.2 Å². The minimum absolute atomic E-state index is 0.530. The van der Waals surface area contributed by atoms with E-state index in [-0.39, 0.29) is 0 Å². The first-order chi connectivity index (χ1) is 34.2. The van der Waals surface area contributed by atoms with Crippen molar-refractivity contribution < 1.29 is 0 Å². The van der Waals surface area contributed by atoms with Gasteiger partial charge in [0.2, 0.25) is 11.9 Å². The van der Waals surface area contributed by atoms with Gasteiger partial charge in [0.25, 0.3) is 0 Å². The summed E-state index contributed by atoms with van der Waals surface area (Å²) in [6, 6.07) is 77.5. The highest BCUT2D eigenvalue weighted by molar-refractivity contribution is 6.19. The van der Waals surface area contributed by atoms with Crippen LogP contribution in [0.3, 0.4) is 0 Å². The van der Waals surface area contributed by atoms with Crippen molar-refractivity contribution in [3.63, 3.8) is 0 Å². The van der Waals surface area contributed by atoms with Crippen molar-refractivity contribution >= 4 is 65.4 Å². The van der Waals surface area contributed by atoms with E-state index in [1.807, 2.05) is 78.9 Å². The van der Waals surface area contributed by atoms with Crippen LogP contribution in [0.15, 0.2) is 224 Å². The standard InChI is InChI=1S/C60H37N9/c1-5-19-38(20-6-1)55-61-56(39-21-7-2-8-22-39)64-59(63-55)68-50-31-17-14-27-43(50)46-35-41(33-34-52(46)68)58-62-57(40-23-9-3-10-24-40)65-60(66-58)69-51-32-18-15-29-45(51)48-36-53-47(37-54(48)69)44-28-13-16-30-49(44)67(53)42-25-11-4-12-26-42/h1-37H. The van der Waals surface area contributed by atoms with Gasteiger partial charge in [0.05, 0.1) is 33.1 Å². The first kappa shape index (κ1) is 38.6. The maximum absolute atomic E-state index is 5.41. The molecule has 9 heteroatoms. The molecule has 0 bridgehead atoms. The van der Waals surface area contributed by atoms with Gasteiger partial charge in [-0.25, -0.2) is 9.97 Å². The second kappa shape index (κ2) is 15.5. The Balaban J connectivity index is 0.995. The first-order valence-electron chi connectivity index (χ1n) is 23.0. The Bertz CT molecular complexity index is 4230. The molecular weight excluding hydrogens is 847 g/mol. The third-order valence-electron chi connectivity index (χ3n) is 13.2. The Hall–Kier alpha value is -9.60. The minimum Gasteiger partial charge on any atom is -0.309 e. The Morgan fingerprint density at radius 1 is 0.217 bits per heavy atom. The van der Waals surface area contributed by atoms with E-state index in [2.05, 4.69) is 159 Å². The molecule has 9 aromatic carbocycles. The fourth-order valence-electron chi connectivity index (χ4n) is 10.0. The topological polar surface area (TPSA) is 92.1 Å². The van der Waals surface area contributed by atoms with Crippen LogP contribution >= 0.6 is 0 Å². The van der Waals surface area contributed by atoms with Crippen LogP contribution in [-0.2, 0) is 0 Å². The molecule has 0 radical (unpaired) electrons. The summed E-state index contributed by atoms with van der Waals surface area (Å²) in [7, 11) is 0. The van der Waals surface area contributed by atoms with E-state index in [4.69, 9.17) is 29.9 Å². The smallest absolute Gasteiger partial charge is 0.238 e. The summed E-state index contributed by atoms with van der Waals surface area (Å²) >= 11 is 0. The van der Waals surface area contributed by atoms with E-state index in [1.165, 1.54) is 5.39 Å². The molecule has 0 unspecified atom stereocenters. The third kappa shape index (κ3) is 6.25. The van der Waals surface area contributed by atoms with E-state index in [1.54, 1.807) is 0 Å². The normalized spacial score (nSPS) is 11.8. The summed E-state index contributed by atoms with van der Waals surface area (Å²) in [4.78, 5) is 31.2. The quantitative estimate of drug-likeness (QED) is 0.158. The molecule has 0 amide bonds. The molecule has 0 aliphatic heterocycles. The number of rotatable bonds is 7. The average molecular weight is 884 g/mol. The second-order valence-electron chi connectivity index (χ2n) is 17.2. The number of hydrogen-bond acceptors (Lipinski definition) is 6. The number of hydrogen-bond donors (Lipinski definition) is 0. The Labute approximate surface area is 394 Å². The van der Waals surface area contributed by atoms with Crippen LogP contribution in [0.4, 0.5) is 0 Å². The maximum Gasteiger partial charge on any atom is 0.238 e. The predicted molar refractivity (Wildman–Crippen MR) is 278 cm³/mol. The van der Waals surface area contributed by atoms with Crippen molar-refractivity contribution in [3.05, 3.63) is 224 Å². The lowest BCUT2D eigenvalue weighted by Gasteiger charge is -2.12. The average Bonchev–Trinajstić information content (AvgIpc) is 4.06. The number of fused-ring (bicyclic) bond motifs is 9. The Kier molecular flexibility index (Phi) is 8.68. The molecule has 14 rings (SSSR count). The summed E-state index contributed by atoms with van der Waals surface area (Å²) in [5, 5.41) is 6.61. The van der Waals surface area contributed by atoms with E-state index in [0.717, 1.165) is 88.0 Å². The van der Waals surface area contributed by atoms with Gasteiger partial charge in [0.1, 0.15) is 0 Å². The van der Waals surface area contributed by atoms with Crippen LogP contribution in [0, 0.1) is 0 Å². The molecule has 69 heavy (non-hydrogen) atoms. The molecule has 0 aliphatic rings. The lowest BCUT2D eigenvalue weighted by Crippen LogP contribution is -2.07. The summed E-state index contributed by atoms with van der Waals surface area (Å²) in [5.41, 5.74) is 10.9. The highest BCUT2D eigenvalue weighted by atomic mass is 15.2. The Morgan fingerprint density at radius 2 is 0.551 bits per heavy atom. The van der Waals surface area contributed by atoms with Gasteiger partial charge in [-0.2, -0.15) is 19.9 Å². The molecule has 0 atom stereocenters. The van der Waals surface area contributed by atoms with Gasteiger partial charge in [0.15, 0.2) is 23.3 Å². The van der Waals surface area contributed by atoms with Crippen LogP contribution < -0.4 is 0 Å². The summed E-state index contributed by atoms with van der Waals surface area (Å²) in [5.74, 6) is 3.40. The largest absolute Gasteiger partial charge is 0.309 e. The van der Waals surface area contributed by atoms with Crippen LogP contribution in [0.25, 0.3) is 129 Å². The molecule has 5 aromatic heterocycles. The van der Waals surface area contributed by atoms with Gasteiger partial charge in [0, 0.05) is 60.3 Å². The van der Waals surface area contributed by atoms with Crippen molar-refractivity contribution in [2.45, 2.75) is 0 Å². The molecule has 0 N–H and O–H groups in total. The van der Waals surface area contributed by atoms with Crippen molar-refractivity contribution in [2.75, 3.05) is 0 Å². The summed E-state index contributed by atoms with van der Waals surface area (Å²) in [6.07, 6.45) is 0. The molecule has 0 saturated heterocycles. The fraction of sp³-hybridized carbons (Fsp3) is 0. The van der Waals surface area contributed by atoms with Crippen molar-refractivity contribution in [1.29, 1.82) is 0 Å². The van der Waals surface area contributed by atoms with Gasteiger partial charge >= 0.3 is 0 Å². The molecule has 0 aliphatic carbocycles. The molecule has 0 saturated carbocycles. The molecule has 322 valence electrons. The van der Waals surface area contributed by atoms with Gasteiger partial charge < -0.3 is 4.57 Å². The number of aromatic nitrogens is 9. The van der Waals surface area contributed by atoms with E-state index in [9.17, 15) is 0 Å². The third-order valence-corrected chi connectivity index (χ3v) is 13.2. The van der Waals surface area contributed by atoms with Crippen LogP contribution in [0.5, 0.6) is 0 Å². The zero-order valence-corrected chi connectivity index (χ0v) is 36.9. The summed E-state index contributed by atoms with van der Waals surface area (Å²) in [6.45, 7) is 0. The predicted octanol–water partition coefficient (Wildman–Crippen LogP) is 14.0. The van der Waals surface area contributed by atoms with Gasteiger partial charge in [-0.15, -0.1) is 0 Å². The highest BCUT2D eigenvalue weighted by Crippen LogP contribution is 2.40.